The van der Waals surface area contributed by atoms with E-state index in [0.717, 1.165) is 9.57 Å². The molecule has 1 amide bonds. The number of imidazole rings is 1. The van der Waals surface area contributed by atoms with Crippen molar-refractivity contribution in [3.05, 3.63) is 43.7 Å². The summed E-state index contributed by atoms with van der Waals surface area (Å²) in [6.45, 7) is 0.428. The minimum absolute atomic E-state index is 0.0399. The summed E-state index contributed by atoms with van der Waals surface area (Å²) in [5.41, 5.74) is -0.430. The number of fused-ring (bicyclic) bond motifs is 1. The molecule has 1 N–H and O–H groups in total. The normalized spacial score (nSPS) is 11.1. The van der Waals surface area contributed by atoms with E-state index in [0.29, 0.717) is 13.0 Å². The van der Waals surface area contributed by atoms with Crippen molar-refractivity contribution >= 4 is 28.4 Å². The molecule has 0 saturated carbocycles. The van der Waals surface area contributed by atoms with E-state index >= 15 is 0 Å². The SMILES string of the molecule is Cn1c(=O)c2c(ncn2CC(=O)NCCc2nccs2)n(C)c1=O. The number of nitrogens with one attached hydrogen (secondary N) is 1. The standard InChI is InChI=1S/C14H16N6O3S/c1-18-12-11(13(22)19(2)14(18)23)20(8-17-12)7-9(21)15-4-3-10-16-5-6-24-10/h5-6,8H,3-4,7H2,1-2H3,(H,15,21). The Balaban J connectivity index is 1.77. The van der Waals surface area contributed by atoms with Crippen LogP contribution in [0, 0.1) is 0 Å². The molecule has 3 rings (SSSR count). The van der Waals surface area contributed by atoms with Crippen molar-refractivity contribution in [3.63, 3.8) is 0 Å². The van der Waals surface area contributed by atoms with Gasteiger partial charge in [-0.3, -0.25) is 18.7 Å². The lowest BCUT2D eigenvalue weighted by atomic mass is 10.4. The molecule has 0 fully saturated rings. The predicted molar refractivity (Wildman–Crippen MR) is 89.0 cm³/mol. The highest BCUT2D eigenvalue weighted by molar-refractivity contribution is 7.09. The van der Waals surface area contributed by atoms with Crippen molar-refractivity contribution in [2.75, 3.05) is 6.54 Å². The average Bonchev–Trinajstić information content (AvgIpc) is 3.21. The summed E-state index contributed by atoms with van der Waals surface area (Å²) in [5.74, 6) is -0.234. The first-order valence-corrected chi connectivity index (χ1v) is 8.13. The lowest BCUT2D eigenvalue weighted by molar-refractivity contribution is -0.121. The number of carbonyl (C=O) groups excluding carboxylic acids is 1. The number of rotatable bonds is 5. The molecule has 0 aliphatic carbocycles. The maximum absolute atomic E-state index is 12.3. The first-order valence-electron chi connectivity index (χ1n) is 7.25. The third-order valence-corrected chi connectivity index (χ3v) is 4.52. The predicted octanol–water partition coefficient (Wildman–Crippen LogP) is -0.751. The Kier molecular flexibility index (Phi) is 4.30. The van der Waals surface area contributed by atoms with Crippen LogP contribution in [0.1, 0.15) is 5.01 Å². The monoisotopic (exact) mass is 348 g/mol. The van der Waals surface area contributed by atoms with Crippen LogP contribution < -0.4 is 16.6 Å². The molecule has 0 atom stereocenters. The second kappa shape index (κ2) is 6.40. The lowest BCUT2D eigenvalue weighted by Crippen LogP contribution is -2.38. The van der Waals surface area contributed by atoms with Crippen molar-refractivity contribution in [2.45, 2.75) is 13.0 Å². The molecule has 0 radical (unpaired) electrons. The quantitative estimate of drug-likeness (QED) is 0.653. The smallest absolute Gasteiger partial charge is 0.332 e. The van der Waals surface area contributed by atoms with Crippen LogP contribution in [0.5, 0.6) is 0 Å². The Morgan fingerprint density at radius 3 is 2.75 bits per heavy atom. The zero-order valence-corrected chi connectivity index (χ0v) is 14.0. The molecule has 24 heavy (non-hydrogen) atoms. The number of hydrogen-bond acceptors (Lipinski definition) is 6. The number of aromatic nitrogens is 5. The fourth-order valence-corrected chi connectivity index (χ4v) is 3.03. The lowest BCUT2D eigenvalue weighted by Gasteiger charge is -2.07. The van der Waals surface area contributed by atoms with Crippen molar-refractivity contribution in [3.8, 4) is 0 Å². The third-order valence-electron chi connectivity index (χ3n) is 3.68. The maximum atomic E-state index is 12.3. The van der Waals surface area contributed by atoms with E-state index < -0.39 is 11.2 Å². The zero-order valence-electron chi connectivity index (χ0n) is 13.2. The van der Waals surface area contributed by atoms with Gasteiger partial charge in [-0.1, -0.05) is 0 Å². The van der Waals surface area contributed by atoms with Crippen LogP contribution in [0.2, 0.25) is 0 Å². The topological polar surface area (TPSA) is 104 Å². The van der Waals surface area contributed by atoms with E-state index in [1.807, 2.05) is 5.38 Å². The van der Waals surface area contributed by atoms with Crippen molar-refractivity contribution in [1.29, 1.82) is 0 Å². The minimum atomic E-state index is -0.471. The van der Waals surface area contributed by atoms with E-state index in [4.69, 9.17) is 0 Å². The van der Waals surface area contributed by atoms with Gasteiger partial charge in [0.05, 0.1) is 11.3 Å². The Hall–Kier alpha value is -2.75. The summed E-state index contributed by atoms with van der Waals surface area (Å²) in [7, 11) is 2.94. The molecule has 3 heterocycles. The third kappa shape index (κ3) is 2.87. The van der Waals surface area contributed by atoms with Gasteiger partial charge in [0, 0.05) is 38.6 Å². The van der Waals surface area contributed by atoms with E-state index in [1.54, 1.807) is 6.20 Å². The first-order chi connectivity index (χ1) is 11.5. The van der Waals surface area contributed by atoms with E-state index in [-0.39, 0.29) is 23.6 Å². The molecule has 126 valence electrons. The largest absolute Gasteiger partial charge is 0.354 e. The molecule has 10 heteroatoms. The van der Waals surface area contributed by atoms with Crippen molar-refractivity contribution < 1.29 is 4.79 Å². The van der Waals surface area contributed by atoms with Crippen molar-refractivity contribution in [2.24, 2.45) is 14.1 Å². The van der Waals surface area contributed by atoms with Gasteiger partial charge in [0.25, 0.3) is 5.56 Å². The number of amides is 1. The fraction of sp³-hybridized carbons (Fsp3) is 0.357. The summed E-state index contributed by atoms with van der Waals surface area (Å²) in [6.07, 6.45) is 3.77. The van der Waals surface area contributed by atoms with Gasteiger partial charge in [-0.05, 0) is 0 Å². The van der Waals surface area contributed by atoms with Gasteiger partial charge in [-0.2, -0.15) is 0 Å². The zero-order chi connectivity index (χ0) is 17.3. The molecule has 3 aromatic rings. The number of thiazole rings is 1. The molecule has 3 aromatic heterocycles. The summed E-state index contributed by atoms with van der Waals surface area (Å²) in [5, 5.41) is 5.62. The molecule has 0 aliphatic rings. The van der Waals surface area contributed by atoms with Crippen LogP contribution in [0.3, 0.4) is 0 Å². The van der Waals surface area contributed by atoms with Gasteiger partial charge in [0.2, 0.25) is 5.91 Å². The van der Waals surface area contributed by atoms with Crippen LogP contribution in [-0.2, 0) is 31.9 Å². The number of carbonyl (C=O) groups is 1. The molecule has 0 aliphatic heterocycles. The van der Waals surface area contributed by atoms with E-state index in [9.17, 15) is 14.4 Å². The van der Waals surface area contributed by atoms with E-state index in [1.165, 1.54) is 40.9 Å². The Labute approximate surface area is 140 Å². The number of aryl methyl sites for hydroxylation is 1. The summed E-state index contributed by atoms with van der Waals surface area (Å²) < 4.78 is 3.74. The summed E-state index contributed by atoms with van der Waals surface area (Å²) in [4.78, 5) is 44.5. The van der Waals surface area contributed by atoms with Crippen LogP contribution in [0.4, 0.5) is 0 Å². The van der Waals surface area contributed by atoms with Gasteiger partial charge in [-0.15, -0.1) is 11.3 Å². The molecule has 9 nitrogen and oxygen atoms in total. The van der Waals surface area contributed by atoms with Crippen LogP contribution >= 0.6 is 11.3 Å². The second-order valence-corrected chi connectivity index (χ2v) is 6.26. The van der Waals surface area contributed by atoms with Gasteiger partial charge < -0.3 is 9.88 Å². The summed E-state index contributed by atoms with van der Waals surface area (Å²) in [6, 6.07) is 0. The van der Waals surface area contributed by atoms with Crippen molar-refractivity contribution in [1.82, 2.24) is 29.0 Å². The first kappa shape index (κ1) is 16.1. The highest BCUT2D eigenvalue weighted by Gasteiger charge is 2.15. The molecule has 0 spiro atoms. The minimum Gasteiger partial charge on any atom is -0.354 e. The average molecular weight is 348 g/mol. The molecule has 0 saturated heterocycles. The van der Waals surface area contributed by atoms with Crippen LogP contribution in [0.25, 0.3) is 11.2 Å². The Morgan fingerprint density at radius 1 is 1.25 bits per heavy atom. The fourth-order valence-electron chi connectivity index (χ4n) is 2.41. The van der Waals surface area contributed by atoms with E-state index in [2.05, 4.69) is 15.3 Å². The highest BCUT2D eigenvalue weighted by Crippen LogP contribution is 2.05. The number of nitrogens with zero attached hydrogens (tertiary/aromatic N) is 5. The van der Waals surface area contributed by atoms with Gasteiger partial charge in [0.15, 0.2) is 11.2 Å². The molecular weight excluding hydrogens is 332 g/mol. The summed E-state index contributed by atoms with van der Waals surface area (Å²) >= 11 is 1.53. The molecular formula is C14H16N6O3S. The Bertz CT molecular complexity index is 998. The maximum Gasteiger partial charge on any atom is 0.332 e. The van der Waals surface area contributed by atoms with Gasteiger partial charge >= 0.3 is 5.69 Å². The highest BCUT2D eigenvalue weighted by atomic mass is 32.1. The molecule has 0 unspecified atom stereocenters. The Morgan fingerprint density at radius 2 is 2.04 bits per heavy atom. The van der Waals surface area contributed by atoms with Crippen LogP contribution in [0.15, 0.2) is 27.5 Å². The van der Waals surface area contributed by atoms with Crippen LogP contribution in [-0.4, -0.2) is 36.1 Å². The molecule has 0 bridgehead atoms. The number of hydrogen-bond donors (Lipinski definition) is 1. The van der Waals surface area contributed by atoms with Gasteiger partial charge in [0.1, 0.15) is 6.54 Å². The van der Waals surface area contributed by atoms with Gasteiger partial charge in [-0.25, -0.2) is 14.8 Å². The second-order valence-electron chi connectivity index (χ2n) is 5.28. The molecule has 0 aromatic carbocycles.